The van der Waals surface area contributed by atoms with Gasteiger partial charge in [0.25, 0.3) is 5.91 Å². The van der Waals surface area contributed by atoms with Gasteiger partial charge in [0.15, 0.2) is 5.11 Å². The molecule has 0 radical (unpaired) electrons. The minimum atomic E-state index is -0.341. The summed E-state index contributed by atoms with van der Waals surface area (Å²) in [6, 6.07) is 5.71. The number of rotatable bonds is 6. The molecule has 1 aliphatic rings. The first kappa shape index (κ1) is 18.6. The number of amides is 1. The number of benzene rings is 1. The molecule has 0 aliphatic carbocycles. The van der Waals surface area contributed by atoms with E-state index in [1.807, 2.05) is 0 Å². The summed E-state index contributed by atoms with van der Waals surface area (Å²) in [5.41, 5.74) is 0.481. The van der Waals surface area contributed by atoms with Crippen LogP contribution < -0.4 is 10.6 Å². The zero-order valence-electron chi connectivity index (χ0n) is 13.9. The third-order valence-electron chi connectivity index (χ3n) is 4.03. The third-order valence-corrected chi connectivity index (χ3v) is 4.43. The maximum absolute atomic E-state index is 12.9. The third kappa shape index (κ3) is 5.72. The number of hydrogen-bond acceptors (Lipinski definition) is 3. The molecule has 1 heterocycles. The molecule has 1 aliphatic heterocycles. The Morgan fingerprint density at radius 1 is 1.33 bits per heavy atom. The van der Waals surface area contributed by atoms with Crippen LogP contribution >= 0.6 is 12.2 Å². The highest BCUT2D eigenvalue weighted by Gasteiger charge is 2.22. The lowest BCUT2D eigenvalue weighted by molar-refractivity contribution is 0.0922. The molecular weight excluding hydrogens is 329 g/mol. The summed E-state index contributed by atoms with van der Waals surface area (Å²) in [4.78, 5) is 14.3. The van der Waals surface area contributed by atoms with Crippen LogP contribution in [0.5, 0.6) is 0 Å². The quantitative estimate of drug-likeness (QED) is 0.605. The summed E-state index contributed by atoms with van der Waals surface area (Å²) in [5.74, 6) is -0.500. The standard InChI is InChI=1S/C17H24FN3O2S/c1-23-12-2-9-19-17(24)21-10-7-15(8-11-21)20-16(22)13-3-5-14(18)6-4-13/h3-6,15H,2,7-12H2,1H3,(H,19,24)(H,20,22). The van der Waals surface area contributed by atoms with E-state index in [9.17, 15) is 9.18 Å². The number of methoxy groups -OCH3 is 1. The molecule has 0 unspecified atom stereocenters. The second kappa shape index (κ2) is 9.54. The summed E-state index contributed by atoms with van der Waals surface area (Å²) in [6.07, 6.45) is 2.60. The number of nitrogens with one attached hydrogen (secondary N) is 2. The Balaban J connectivity index is 1.71. The van der Waals surface area contributed by atoms with Crippen LogP contribution in [-0.2, 0) is 4.74 Å². The van der Waals surface area contributed by atoms with E-state index in [0.29, 0.717) is 12.2 Å². The smallest absolute Gasteiger partial charge is 0.251 e. The van der Waals surface area contributed by atoms with E-state index in [1.165, 1.54) is 24.3 Å². The van der Waals surface area contributed by atoms with Crippen molar-refractivity contribution in [2.24, 2.45) is 0 Å². The summed E-state index contributed by atoms with van der Waals surface area (Å²) in [6.45, 7) is 3.13. The van der Waals surface area contributed by atoms with Crippen LogP contribution in [0.1, 0.15) is 29.6 Å². The molecule has 1 amide bonds. The molecule has 0 bridgehead atoms. The summed E-state index contributed by atoms with van der Waals surface area (Å²) >= 11 is 5.39. The number of piperidine rings is 1. The molecule has 0 saturated carbocycles. The molecule has 2 rings (SSSR count). The van der Waals surface area contributed by atoms with Crippen LogP contribution in [0.4, 0.5) is 4.39 Å². The lowest BCUT2D eigenvalue weighted by Crippen LogP contribution is -2.49. The zero-order valence-corrected chi connectivity index (χ0v) is 14.7. The lowest BCUT2D eigenvalue weighted by Gasteiger charge is -2.34. The van der Waals surface area contributed by atoms with Crippen molar-refractivity contribution in [2.75, 3.05) is 33.4 Å². The van der Waals surface area contributed by atoms with Gasteiger partial charge in [-0.2, -0.15) is 0 Å². The summed E-state index contributed by atoms with van der Waals surface area (Å²) in [5, 5.41) is 6.99. The second-order valence-electron chi connectivity index (χ2n) is 5.82. The lowest BCUT2D eigenvalue weighted by atomic mass is 10.0. The van der Waals surface area contributed by atoms with E-state index >= 15 is 0 Å². The topological polar surface area (TPSA) is 53.6 Å². The van der Waals surface area contributed by atoms with Gasteiger partial charge >= 0.3 is 0 Å². The average Bonchev–Trinajstić information content (AvgIpc) is 2.59. The molecule has 0 spiro atoms. The van der Waals surface area contributed by atoms with Gasteiger partial charge in [-0.25, -0.2) is 4.39 Å². The van der Waals surface area contributed by atoms with Gasteiger partial charge in [0, 0.05) is 45.0 Å². The summed E-state index contributed by atoms with van der Waals surface area (Å²) < 4.78 is 17.9. The van der Waals surface area contributed by atoms with E-state index in [0.717, 1.165) is 44.0 Å². The number of hydrogen-bond donors (Lipinski definition) is 2. The van der Waals surface area contributed by atoms with Crippen molar-refractivity contribution in [3.05, 3.63) is 35.6 Å². The van der Waals surface area contributed by atoms with Crippen LogP contribution in [0.15, 0.2) is 24.3 Å². The van der Waals surface area contributed by atoms with E-state index < -0.39 is 0 Å². The molecule has 1 saturated heterocycles. The average molecular weight is 353 g/mol. The Morgan fingerprint density at radius 3 is 2.62 bits per heavy atom. The predicted molar refractivity (Wildman–Crippen MR) is 95.6 cm³/mol. The Kier molecular flexibility index (Phi) is 7.39. The fourth-order valence-corrected chi connectivity index (χ4v) is 2.91. The van der Waals surface area contributed by atoms with E-state index in [-0.39, 0.29) is 17.8 Å². The van der Waals surface area contributed by atoms with E-state index in [1.54, 1.807) is 7.11 Å². The van der Waals surface area contributed by atoms with Gasteiger partial charge in [-0.05, 0) is 55.7 Å². The molecule has 0 aromatic heterocycles. The van der Waals surface area contributed by atoms with Crippen LogP contribution in [0, 0.1) is 5.82 Å². The Morgan fingerprint density at radius 2 is 2.00 bits per heavy atom. The highest BCUT2D eigenvalue weighted by molar-refractivity contribution is 7.80. The first-order chi connectivity index (χ1) is 11.6. The van der Waals surface area contributed by atoms with Crippen molar-refractivity contribution in [3.8, 4) is 0 Å². The molecule has 7 heteroatoms. The van der Waals surface area contributed by atoms with Gasteiger partial charge in [-0.15, -0.1) is 0 Å². The van der Waals surface area contributed by atoms with Gasteiger partial charge < -0.3 is 20.3 Å². The van der Waals surface area contributed by atoms with Crippen LogP contribution in [0.2, 0.25) is 0 Å². The minimum absolute atomic E-state index is 0.120. The van der Waals surface area contributed by atoms with Crippen molar-refractivity contribution < 1.29 is 13.9 Å². The fourth-order valence-electron chi connectivity index (χ4n) is 2.62. The van der Waals surface area contributed by atoms with Crippen LogP contribution in [0.25, 0.3) is 0 Å². The maximum Gasteiger partial charge on any atom is 0.251 e. The molecule has 5 nitrogen and oxygen atoms in total. The number of ether oxygens (including phenoxy) is 1. The number of likely N-dealkylation sites (tertiary alicyclic amines) is 1. The van der Waals surface area contributed by atoms with Gasteiger partial charge in [-0.3, -0.25) is 4.79 Å². The minimum Gasteiger partial charge on any atom is -0.385 e. The highest BCUT2D eigenvalue weighted by Crippen LogP contribution is 2.12. The Hall–Kier alpha value is -1.73. The van der Waals surface area contributed by atoms with Gasteiger partial charge in [-0.1, -0.05) is 0 Å². The Bertz CT molecular complexity index is 545. The number of nitrogens with zero attached hydrogens (tertiary/aromatic N) is 1. The second-order valence-corrected chi connectivity index (χ2v) is 6.21. The molecule has 1 fully saturated rings. The molecule has 0 atom stereocenters. The molecular formula is C17H24FN3O2S. The molecule has 1 aromatic carbocycles. The van der Waals surface area contributed by atoms with Crippen molar-refractivity contribution >= 4 is 23.2 Å². The first-order valence-corrected chi connectivity index (χ1v) is 8.59. The maximum atomic E-state index is 12.9. The van der Waals surface area contributed by atoms with Gasteiger partial charge in [0.1, 0.15) is 5.82 Å². The van der Waals surface area contributed by atoms with Crippen LogP contribution in [-0.4, -0.2) is 55.3 Å². The normalized spacial score (nSPS) is 15.2. The fraction of sp³-hybridized carbons (Fsp3) is 0.529. The predicted octanol–water partition coefficient (Wildman–Crippen LogP) is 1.93. The SMILES string of the molecule is COCCCNC(=S)N1CCC(NC(=O)c2ccc(F)cc2)CC1. The van der Waals surface area contributed by atoms with Crippen molar-refractivity contribution in [1.82, 2.24) is 15.5 Å². The highest BCUT2D eigenvalue weighted by atomic mass is 32.1. The van der Waals surface area contributed by atoms with Gasteiger partial charge in [0.2, 0.25) is 0 Å². The monoisotopic (exact) mass is 353 g/mol. The molecule has 2 N–H and O–H groups in total. The number of carbonyl (C=O) groups is 1. The zero-order chi connectivity index (χ0) is 17.4. The van der Waals surface area contributed by atoms with Gasteiger partial charge in [0.05, 0.1) is 0 Å². The van der Waals surface area contributed by atoms with E-state index in [2.05, 4.69) is 15.5 Å². The molecule has 132 valence electrons. The first-order valence-electron chi connectivity index (χ1n) is 8.18. The molecule has 24 heavy (non-hydrogen) atoms. The van der Waals surface area contributed by atoms with Crippen molar-refractivity contribution in [2.45, 2.75) is 25.3 Å². The van der Waals surface area contributed by atoms with E-state index in [4.69, 9.17) is 17.0 Å². The number of thiocarbonyl (C=S) groups is 1. The summed E-state index contributed by atoms with van der Waals surface area (Å²) in [7, 11) is 1.68. The van der Waals surface area contributed by atoms with Crippen LogP contribution in [0.3, 0.4) is 0 Å². The number of carbonyl (C=O) groups excluding carboxylic acids is 1. The number of halogens is 1. The largest absolute Gasteiger partial charge is 0.385 e. The Labute approximate surface area is 147 Å². The van der Waals surface area contributed by atoms with Crippen molar-refractivity contribution in [3.63, 3.8) is 0 Å². The molecule has 1 aromatic rings. The van der Waals surface area contributed by atoms with Crippen molar-refractivity contribution in [1.29, 1.82) is 0 Å².